The number of aryl methyl sites for hydroxylation is 1. The zero-order valence-electron chi connectivity index (χ0n) is 11.8. The summed E-state index contributed by atoms with van der Waals surface area (Å²) in [7, 11) is 1.51. The van der Waals surface area contributed by atoms with Gasteiger partial charge in [0.2, 0.25) is 5.91 Å². The molecule has 5 nitrogen and oxygen atoms in total. The van der Waals surface area contributed by atoms with E-state index in [4.69, 9.17) is 10.5 Å². The van der Waals surface area contributed by atoms with E-state index in [0.29, 0.717) is 5.69 Å². The Morgan fingerprint density at radius 3 is 2.62 bits per heavy atom. The van der Waals surface area contributed by atoms with Crippen LogP contribution in [0.5, 0.6) is 0 Å². The van der Waals surface area contributed by atoms with Gasteiger partial charge >= 0.3 is 0 Å². The second-order valence-electron chi connectivity index (χ2n) is 4.42. The van der Waals surface area contributed by atoms with Crippen LogP contribution in [0.3, 0.4) is 0 Å². The van der Waals surface area contributed by atoms with Crippen molar-refractivity contribution in [3.05, 3.63) is 35.3 Å². The molecule has 0 radical (unpaired) electrons. The molecule has 0 saturated carbocycles. The maximum atomic E-state index is 11.7. The molecule has 2 rings (SSSR count). The van der Waals surface area contributed by atoms with E-state index in [-0.39, 0.29) is 24.9 Å². The molecule has 0 aliphatic carbocycles. The minimum Gasteiger partial charge on any atom is -0.383 e. The Morgan fingerprint density at radius 1 is 1.43 bits per heavy atom. The molecule has 0 bridgehead atoms. The quantitative estimate of drug-likeness (QED) is 0.884. The van der Waals surface area contributed by atoms with Gasteiger partial charge in [-0.25, -0.2) is 4.98 Å². The van der Waals surface area contributed by atoms with Gasteiger partial charge in [-0.3, -0.25) is 4.79 Å². The highest BCUT2D eigenvalue weighted by molar-refractivity contribution is 7.13. The number of nitrogens with zero attached hydrogens (tertiary/aromatic N) is 1. The number of carbonyl (C=O) groups is 1. The third-order valence-corrected chi connectivity index (χ3v) is 3.71. The van der Waals surface area contributed by atoms with Crippen LogP contribution in [0, 0.1) is 6.92 Å². The van der Waals surface area contributed by atoms with Crippen molar-refractivity contribution in [3.63, 3.8) is 0 Å². The highest BCUT2D eigenvalue weighted by Crippen LogP contribution is 2.24. The Bertz CT molecular complexity index is 586. The molecule has 1 aromatic carbocycles. The van der Waals surface area contributed by atoms with Crippen molar-refractivity contribution in [2.75, 3.05) is 19.0 Å². The minimum atomic E-state index is -0.665. The number of thiazole rings is 1. The monoisotopic (exact) mass is 327 g/mol. The number of aromatic nitrogens is 1. The highest BCUT2D eigenvalue weighted by atomic mass is 35.5. The van der Waals surface area contributed by atoms with E-state index >= 15 is 0 Å². The van der Waals surface area contributed by atoms with Crippen LogP contribution in [0.25, 0.3) is 10.6 Å². The fraction of sp³-hybridized carbons (Fsp3) is 0.286. The van der Waals surface area contributed by atoms with Gasteiger partial charge in [-0.1, -0.05) is 0 Å². The van der Waals surface area contributed by atoms with Crippen molar-refractivity contribution >= 4 is 35.3 Å². The molecule has 1 aromatic heterocycles. The SMILES string of the molecule is COCC(N)C(=O)Nc1ccc(-c2nc(C)cs2)cc1.Cl. The number of rotatable bonds is 5. The summed E-state index contributed by atoms with van der Waals surface area (Å²) in [6, 6.07) is 6.86. The molecule has 0 fully saturated rings. The van der Waals surface area contributed by atoms with Gasteiger partial charge in [0.15, 0.2) is 0 Å². The van der Waals surface area contributed by atoms with E-state index in [1.807, 2.05) is 36.6 Å². The fourth-order valence-corrected chi connectivity index (χ4v) is 2.48. The number of nitrogens with one attached hydrogen (secondary N) is 1. The van der Waals surface area contributed by atoms with E-state index < -0.39 is 6.04 Å². The number of hydrogen-bond donors (Lipinski definition) is 2. The number of ether oxygens (including phenoxy) is 1. The van der Waals surface area contributed by atoms with Crippen LogP contribution in [0.2, 0.25) is 0 Å². The van der Waals surface area contributed by atoms with Crippen molar-refractivity contribution in [2.45, 2.75) is 13.0 Å². The molecule has 0 aliphatic heterocycles. The number of carbonyl (C=O) groups excluding carboxylic acids is 1. The lowest BCUT2D eigenvalue weighted by molar-refractivity contribution is -0.118. The summed E-state index contributed by atoms with van der Waals surface area (Å²) in [5, 5.41) is 5.73. The number of hydrogen-bond acceptors (Lipinski definition) is 5. The highest BCUT2D eigenvalue weighted by Gasteiger charge is 2.13. The first kappa shape index (κ1) is 17.6. The third-order valence-electron chi connectivity index (χ3n) is 2.70. The Balaban J connectivity index is 0.00000220. The Hall–Kier alpha value is -1.47. The number of benzene rings is 1. The van der Waals surface area contributed by atoms with Gasteiger partial charge in [0.05, 0.1) is 6.61 Å². The maximum absolute atomic E-state index is 11.7. The molecule has 7 heteroatoms. The molecule has 2 aromatic rings. The standard InChI is InChI=1S/C14H17N3O2S.ClH/c1-9-8-20-14(16-9)10-3-5-11(6-4-10)17-13(18)12(15)7-19-2;/h3-6,8,12H,7,15H2,1-2H3,(H,17,18);1H. The molecular weight excluding hydrogens is 310 g/mol. The molecule has 1 amide bonds. The normalized spacial score (nSPS) is 11.6. The Morgan fingerprint density at radius 2 is 2.10 bits per heavy atom. The van der Waals surface area contributed by atoms with E-state index in [1.54, 1.807) is 11.3 Å². The molecule has 114 valence electrons. The number of methoxy groups -OCH3 is 1. The molecule has 21 heavy (non-hydrogen) atoms. The third kappa shape index (κ3) is 4.78. The van der Waals surface area contributed by atoms with E-state index in [0.717, 1.165) is 16.3 Å². The van der Waals surface area contributed by atoms with Crippen molar-refractivity contribution < 1.29 is 9.53 Å². The van der Waals surface area contributed by atoms with E-state index in [9.17, 15) is 4.79 Å². The zero-order valence-corrected chi connectivity index (χ0v) is 13.5. The topological polar surface area (TPSA) is 77.2 Å². The second-order valence-corrected chi connectivity index (χ2v) is 5.28. The number of anilines is 1. The second kappa shape index (κ2) is 8.09. The summed E-state index contributed by atoms with van der Waals surface area (Å²) in [5.41, 5.74) is 8.40. The number of halogens is 1. The first-order chi connectivity index (χ1) is 9.60. The van der Waals surface area contributed by atoms with Gasteiger partial charge in [0.25, 0.3) is 0 Å². The fourth-order valence-electron chi connectivity index (χ4n) is 1.67. The van der Waals surface area contributed by atoms with Crippen LogP contribution in [0.4, 0.5) is 5.69 Å². The van der Waals surface area contributed by atoms with Gasteiger partial charge in [-0.2, -0.15) is 0 Å². The average Bonchev–Trinajstić information content (AvgIpc) is 2.86. The Labute approximate surface area is 133 Å². The first-order valence-electron chi connectivity index (χ1n) is 6.18. The summed E-state index contributed by atoms with van der Waals surface area (Å²) in [6.07, 6.45) is 0. The van der Waals surface area contributed by atoms with E-state index in [2.05, 4.69) is 10.3 Å². The van der Waals surface area contributed by atoms with Crippen molar-refractivity contribution in [3.8, 4) is 10.6 Å². The van der Waals surface area contributed by atoms with Crippen LogP contribution in [-0.4, -0.2) is 30.6 Å². The summed E-state index contributed by atoms with van der Waals surface area (Å²) >= 11 is 1.60. The van der Waals surface area contributed by atoms with Crippen molar-refractivity contribution in [1.29, 1.82) is 0 Å². The smallest absolute Gasteiger partial charge is 0.243 e. The zero-order chi connectivity index (χ0) is 14.5. The summed E-state index contributed by atoms with van der Waals surface area (Å²) in [5.74, 6) is -0.260. The van der Waals surface area contributed by atoms with Crippen LogP contribution < -0.4 is 11.1 Å². The predicted molar refractivity (Wildman–Crippen MR) is 88.0 cm³/mol. The molecule has 1 atom stereocenters. The largest absolute Gasteiger partial charge is 0.383 e. The van der Waals surface area contributed by atoms with Gasteiger partial charge in [0, 0.05) is 29.4 Å². The molecule has 1 unspecified atom stereocenters. The minimum absolute atomic E-state index is 0. The maximum Gasteiger partial charge on any atom is 0.243 e. The van der Waals surface area contributed by atoms with Gasteiger partial charge < -0.3 is 15.8 Å². The predicted octanol–water partition coefficient (Wildman–Crippen LogP) is 2.45. The lowest BCUT2D eigenvalue weighted by atomic mass is 10.2. The Kier molecular flexibility index (Phi) is 6.77. The van der Waals surface area contributed by atoms with Gasteiger partial charge in [-0.15, -0.1) is 23.7 Å². The van der Waals surface area contributed by atoms with Crippen LogP contribution in [0.1, 0.15) is 5.69 Å². The summed E-state index contributed by atoms with van der Waals surface area (Å²) < 4.78 is 4.85. The van der Waals surface area contributed by atoms with Crippen LogP contribution >= 0.6 is 23.7 Å². The van der Waals surface area contributed by atoms with Crippen LogP contribution in [0.15, 0.2) is 29.6 Å². The first-order valence-corrected chi connectivity index (χ1v) is 7.06. The van der Waals surface area contributed by atoms with Crippen molar-refractivity contribution in [1.82, 2.24) is 4.98 Å². The molecule has 0 aliphatic rings. The van der Waals surface area contributed by atoms with E-state index in [1.165, 1.54) is 7.11 Å². The van der Waals surface area contributed by atoms with Crippen LogP contribution in [-0.2, 0) is 9.53 Å². The number of nitrogens with two attached hydrogens (primary N) is 1. The average molecular weight is 328 g/mol. The molecule has 1 heterocycles. The molecule has 3 N–H and O–H groups in total. The summed E-state index contributed by atoms with van der Waals surface area (Å²) in [4.78, 5) is 16.2. The van der Waals surface area contributed by atoms with Gasteiger partial charge in [0.1, 0.15) is 11.0 Å². The summed E-state index contributed by atoms with van der Waals surface area (Å²) in [6.45, 7) is 2.16. The molecule has 0 saturated heterocycles. The van der Waals surface area contributed by atoms with Crippen molar-refractivity contribution in [2.24, 2.45) is 5.73 Å². The lowest BCUT2D eigenvalue weighted by Crippen LogP contribution is -2.39. The van der Waals surface area contributed by atoms with Gasteiger partial charge in [-0.05, 0) is 31.2 Å². The molecular formula is C14H18ClN3O2S. The number of amides is 1. The molecule has 0 spiro atoms. The lowest BCUT2D eigenvalue weighted by Gasteiger charge is -2.11.